The fraction of sp³-hybridized carbons (Fsp3) is 0.529. The summed E-state index contributed by atoms with van der Waals surface area (Å²) in [6.07, 6.45) is 5.15. The van der Waals surface area contributed by atoms with E-state index in [0.29, 0.717) is 18.4 Å². The Labute approximate surface area is 141 Å². The van der Waals surface area contributed by atoms with Crippen LogP contribution in [-0.4, -0.2) is 39.2 Å². The van der Waals surface area contributed by atoms with Gasteiger partial charge in [-0.15, -0.1) is 0 Å². The normalized spacial score (nSPS) is 15.5. The topological polar surface area (TPSA) is 73.1 Å². The highest BCUT2D eigenvalue weighted by Crippen LogP contribution is 2.23. The summed E-state index contributed by atoms with van der Waals surface area (Å²) in [5.74, 6) is 1.93. The summed E-state index contributed by atoms with van der Waals surface area (Å²) in [5, 5.41) is 0. The molecule has 0 atom stereocenters. The maximum atomic E-state index is 11.7. The van der Waals surface area contributed by atoms with E-state index >= 15 is 0 Å². The summed E-state index contributed by atoms with van der Waals surface area (Å²) in [5.41, 5.74) is 1.92. The molecule has 0 unspecified atom stereocenters. The number of hydrogen-bond donors (Lipinski definition) is 0. The molecule has 0 saturated carbocycles. The molecule has 1 saturated heterocycles. The lowest BCUT2D eigenvalue weighted by Gasteiger charge is -2.32. The first-order chi connectivity index (χ1) is 11.5. The van der Waals surface area contributed by atoms with Crippen molar-refractivity contribution >= 4 is 5.82 Å². The van der Waals surface area contributed by atoms with Gasteiger partial charge in [0.25, 0.3) is 5.56 Å². The van der Waals surface area contributed by atoms with E-state index in [4.69, 9.17) is 4.74 Å². The van der Waals surface area contributed by atoms with Crippen molar-refractivity contribution < 1.29 is 4.74 Å². The van der Waals surface area contributed by atoms with Gasteiger partial charge in [0.15, 0.2) is 0 Å². The Morgan fingerprint density at radius 1 is 1.21 bits per heavy atom. The standard InChI is InChI=1S/C17H23N5O2/c1-12-13(2)18-10-19-17(12)24-9-14-4-6-22(7-5-14)15-8-16(23)21(3)11-20-15/h8,10-11,14H,4-7,9H2,1-3H3. The van der Waals surface area contributed by atoms with Crippen molar-refractivity contribution in [1.82, 2.24) is 19.5 Å². The van der Waals surface area contributed by atoms with Gasteiger partial charge in [0.1, 0.15) is 12.1 Å². The SMILES string of the molecule is Cc1ncnc(OCC2CCN(c3cc(=O)n(C)cn3)CC2)c1C. The van der Waals surface area contributed by atoms with Gasteiger partial charge in [0.2, 0.25) is 5.88 Å². The molecule has 0 N–H and O–H groups in total. The first-order valence-corrected chi connectivity index (χ1v) is 8.23. The van der Waals surface area contributed by atoms with E-state index in [1.165, 1.54) is 4.57 Å². The predicted octanol–water partition coefficient (Wildman–Crippen LogP) is 1.48. The molecule has 0 aromatic carbocycles. The summed E-state index contributed by atoms with van der Waals surface area (Å²) in [7, 11) is 1.71. The van der Waals surface area contributed by atoms with Gasteiger partial charge >= 0.3 is 0 Å². The summed E-state index contributed by atoms with van der Waals surface area (Å²) in [6.45, 7) is 6.37. The molecule has 1 fully saturated rings. The predicted molar refractivity (Wildman–Crippen MR) is 91.4 cm³/mol. The molecule has 0 spiro atoms. The Morgan fingerprint density at radius 3 is 2.67 bits per heavy atom. The first kappa shape index (κ1) is 16.4. The Hall–Kier alpha value is -2.44. The van der Waals surface area contributed by atoms with Gasteiger partial charge < -0.3 is 14.2 Å². The van der Waals surface area contributed by atoms with Crippen molar-refractivity contribution in [2.24, 2.45) is 13.0 Å². The third-order valence-electron chi connectivity index (χ3n) is 4.65. The van der Waals surface area contributed by atoms with E-state index < -0.39 is 0 Å². The van der Waals surface area contributed by atoms with E-state index in [-0.39, 0.29) is 5.56 Å². The molecule has 7 heteroatoms. The van der Waals surface area contributed by atoms with Crippen LogP contribution in [0.2, 0.25) is 0 Å². The lowest BCUT2D eigenvalue weighted by molar-refractivity contribution is 0.214. The van der Waals surface area contributed by atoms with Crippen LogP contribution < -0.4 is 15.2 Å². The Balaban J connectivity index is 1.54. The van der Waals surface area contributed by atoms with Crippen molar-refractivity contribution in [3.63, 3.8) is 0 Å². The van der Waals surface area contributed by atoms with E-state index in [9.17, 15) is 4.79 Å². The molecule has 1 aliphatic rings. The molecule has 3 rings (SSSR count). The van der Waals surface area contributed by atoms with Gasteiger partial charge in [-0.25, -0.2) is 15.0 Å². The maximum Gasteiger partial charge on any atom is 0.255 e. The average molecular weight is 329 g/mol. The van der Waals surface area contributed by atoms with Crippen LogP contribution in [0.3, 0.4) is 0 Å². The van der Waals surface area contributed by atoms with Gasteiger partial charge in [0.05, 0.1) is 12.9 Å². The molecule has 0 bridgehead atoms. The van der Waals surface area contributed by atoms with E-state index in [0.717, 1.165) is 43.0 Å². The van der Waals surface area contributed by atoms with E-state index in [1.54, 1.807) is 25.8 Å². The molecule has 24 heavy (non-hydrogen) atoms. The lowest BCUT2D eigenvalue weighted by atomic mass is 9.98. The second kappa shape index (κ2) is 6.98. The number of rotatable bonds is 4. The zero-order chi connectivity index (χ0) is 17.1. The zero-order valence-corrected chi connectivity index (χ0v) is 14.4. The van der Waals surface area contributed by atoms with Crippen molar-refractivity contribution in [1.29, 1.82) is 0 Å². The number of aryl methyl sites for hydroxylation is 2. The molecule has 2 aromatic rings. The molecular formula is C17H23N5O2. The van der Waals surface area contributed by atoms with Crippen LogP contribution in [0.25, 0.3) is 0 Å². The second-order valence-electron chi connectivity index (χ2n) is 6.33. The van der Waals surface area contributed by atoms with Crippen LogP contribution in [0, 0.1) is 19.8 Å². The molecule has 128 valence electrons. The quantitative estimate of drug-likeness (QED) is 0.846. The number of piperidine rings is 1. The minimum atomic E-state index is -0.0277. The molecule has 0 amide bonds. The lowest BCUT2D eigenvalue weighted by Crippen LogP contribution is -2.37. The highest BCUT2D eigenvalue weighted by molar-refractivity contribution is 5.37. The monoisotopic (exact) mass is 329 g/mol. The molecule has 0 aliphatic carbocycles. The Morgan fingerprint density at radius 2 is 1.96 bits per heavy atom. The summed E-state index contributed by atoms with van der Waals surface area (Å²) in [4.78, 5) is 26.6. The summed E-state index contributed by atoms with van der Waals surface area (Å²) >= 11 is 0. The average Bonchev–Trinajstić information content (AvgIpc) is 2.59. The van der Waals surface area contributed by atoms with Gasteiger partial charge in [0, 0.05) is 37.5 Å². The van der Waals surface area contributed by atoms with Crippen LogP contribution >= 0.6 is 0 Å². The number of ether oxygens (including phenoxy) is 1. The summed E-state index contributed by atoms with van der Waals surface area (Å²) in [6, 6.07) is 1.60. The fourth-order valence-electron chi connectivity index (χ4n) is 2.81. The Bertz CT molecular complexity index is 766. The molecule has 0 radical (unpaired) electrons. The van der Waals surface area contributed by atoms with E-state index in [2.05, 4.69) is 19.9 Å². The van der Waals surface area contributed by atoms with Gasteiger partial charge in [-0.1, -0.05) is 0 Å². The number of nitrogens with zero attached hydrogens (tertiary/aromatic N) is 5. The molecular weight excluding hydrogens is 306 g/mol. The molecule has 2 aromatic heterocycles. The zero-order valence-electron chi connectivity index (χ0n) is 14.4. The van der Waals surface area contributed by atoms with E-state index in [1.807, 2.05) is 13.8 Å². The molecule has 3 heterocycles. The van der Waals surface area contributed by atoms with Crippen molar-refractivity contribution in [3.8, 4) is 5.88 Å². The minimum Gasteiger partial charge on any atom is -0.477 e. The largest absolute Gasteiger partial charge is 0.477 e. The highest BCUT2D eigenvalue weighted by Gasteiger charge is 2.21. The van der Waals surface area contributed by atoms with Crippen molar-refractivity contribution in [3.05, 3.63) is 40.3 Å². The van der Waals surface area contributed by atoms with Crippen molar-refractivity contribution in [2.45, 2.75) is 26.7 Å². The number of aromatic nitrogens is 4. The van der Waals surface area contributed by atoms with Crippen LogP contribution in [0.15, 0.2) is 23.5 Å². The Kier molecular flexibility index (Phi) is 4.78. The minimum absolute atomic E-state index is 0.0277. The third kappa shape index (κ3) is 3.55. The van der Waals surface area contributed by atoms with Gasteiger partial charge in [-0.05, 0) is 32.6 Å². The second-order valence-corrected chi connectivity index (χ2v) is 6.33. The smallest absolute Gasteiger partial charge is 0.255 e. The highest BCUT2D eigenvalue weighted by atomic mass is 16.5. The van der Waals surface area contributed by atoms with Crippen LogP contribution in [0.5, 0.6) is 5.88 Å². The van der Waals surface area contributed by atoms with Gasteiger partial charge in [-0.2, -0.15) is 0 Å². The molecule has 1 aliphatic heterocycles. The van der Waals surface area contributed by atoms with Gasteiger partial charge in [-0.3, -0.25) is 4.79 Å². The number of anilines is 1. The van der Waals surface area contributed by atoms with Crippen LogP contribution in [-0.2, 0) is 7.05 Å². The first-order valence-electron chi connectivity index (χ1n) is 8.23. The maximum absolute atomic E-state index is 11.7. The van der Waals surface area contributed by atoms with Crippen LogP contribution in [0.1, 0.15) is 24.1 Å². The number of hydrogen-bond acceptors (Lipinski definition) is 6. The summed E-state index contributed by atoms with van der Waals surface area (Å²) < 4.78 is 7.38. The fourth-order valence-corrected chi connectivity index (χ4v) is 2.81. The van der Waals surface area contributed by atoms with Crippen LogP contribution in [0.4, 0.5) is 5.82 Å². The molecule has 7 nitrogen and oxygen atoms in total. The van der Waals surface area contributed by atoms with Crippen molar-refractivity contribution in [2.75, 3.05) is 24.6 Å². The third-order valence-corrected chi connectivity index (χ3v) is 4.65.